The highest BCUT2D eigenvalue weighted by Gasteiger charge is 2.09. The van der Waals surface area contributed by atoms with Gasteiger partial charge >= 0.3 is 5.76 Å². The quantitative estimate of drug-likeness (QED) is 0.741. The first-order valence-corrected chi connectivity index (χ1v) is 6.36. The molecule has 0 radical (unpaired) electrons. The Morgan fingerprint density at radius 2 is 2.33 bits per heavy atom. The van der Waals surface area contributed by atoms with Crippen LogP contribution in [0.2, 0.25) is 0 Å². The number of aromatic amines is 1. The summed E-state index contributed by atoms with van der Waals surface area (Å²) in [6.45, 7) is 1.90. The topological polar surface area (TPSA) is 84.9 Å². The minimum absolute atomic E-state index is 0.0797. The molecule has 3 rings (SSSR count). The largest absolute Gasteiger partial charge is 0.417 e. The molecule has 1 atom stereocenters. The summed E-state index contributed by atoms with van der Waals surface area (Å²) < 4.78 is 5.03. The fraction of sp³-hybridized carbons (Fsp3) is 0.167. The molecule has 18 heavy (non-hydrogen) atoms. The number of nitrogens with one attached hydrogen (secondary N) is 1. The van der Waals surface area contributed by atoms with E-state index in [1.54, 1.807) is 6.07 Å². The van der Waals surface area contributed by atoms with Crippen molar-refractivity contribution in [3.8, 4) is 10.6 Å². The molecule has 5 nitrogen and oxygen atoms in total. The van der Waals surface area contributed by atoms with Crippen molar-refractivity contribution in [2.45, 2.75) is 13.0 Å². The average Bonchev–Trinajstić information content (AvgIpc) is 2.91. The predicted octanol–water partition coefficient (Wildman–Crippen LogP) is 2.26. The average molecular weight is 261 g/mol. The molecule has 1 unspecified atom stereocenters. The summed E-state index contributed by atoms with van der Waals surface area (Å²) in [5.74, 6) is -0.447. The van der Waals surface area contributed by atoms with Gasteiger partial charge < -0.3 is 10.2 Å². The van der Waals surface area contributed by atoms with Crippen molar-refractivity contribution in [3.05, 3.63) is 39.8 Å². The molecule has 0 bridgehead atoms. The second-order valence-electron chi connectivity index (χ2n) is 4.09. The lowest BCUT2D eigenvalue weighted by Gasteiger charge is -1.98. The number of oxazole rings is 1. The van der Waals surface area contributed by atoms with E-state index in [1.165, 1.54) is 11.3 Å². The summed E-state index contributed by atoms with van der Waals surface area (Å²) in [7, 11) is 0. The van der Waals surface area contributed by atoms with E-state index in [1.807, 2.05) is 24.4 Å². The fourth-order valence-corrected chi connectivity index (χ4v) is 2.63. The first-order valence-electron chi connectivity index (χ1n) is 5.48. The third-order valence-corrected chi connectivity index (χ3v) is 3.57. The zero-order valence-electron chi connectivity index (χ0n) is 9.64. The Hall–Kier alpha value is -1.92. The number of aromatic nitrogens is 2. The number of rotatable bonds is 2. The molecular formula is C12H11N3O2S. The number of nitrogens with zero attached hydrogens (tertiary/aromatic N) is 1. The van der Waals surface area contributed by atoms with E-state index < -0.39 is 5.76 Å². The van der Waals surface area contributed by atoms with Gasteiger partial charge in [-0.1, -0.05) is 0 Å². The van der Waals surface area contributed by atoms with Gasteiger partial charge in [0.15, 0.2) is 5.58 Å². The molecular weight excluding hydrogens is 250 g/mol. The van der Waals surface area contributed by atoms with Crippen molar-refractivity contribution in [1.29, 1.82) is 0 Å². The Bertz CT molecular complexity index is 754. The second kappa shape index (κ2) is 4.08. The molecule has 0 aliphatic carbocycles. The van der Waals surface area contributed by atoms with Gasteiger partial charge in [-0.05, 0) is 25.1 Å². The highest BCUT2D eigenvalue weighted by Crippen LogP contribution is 2.27. The molecule has 3 aromatic rings. The molecule has 0 aliphatic heterocycles. The van der Waals surface area contributed by atoms with Crippen molar-refractivity contribution in [2.24, 2.45) is 5.73 Å². The van der Waals surface area contributed by atoms with E-state index in [2.05, 4.69) is 9.97 Å². The van der Waals surface area contributed by atoms with Crippen LogP contribution in [0.15, 0.2) is 32.8 Å². The third-order valence-electron chi connectivity index (χ3n) is 2.66. The Kier molecular flexibility index (Phi) is 2.53. The number of H-pyrrole nitrogens is 1. The predicted molar refractivity (Wildman–Crippen MR) is 70.5 cm³/mol. The van der Waals surface area contributed by atoms with Crippen LogP contribution in [0.5, 0.6) is 0 Å². The van der Waals surface area contributed by atoms with Crippen molar-refractivity contribution >= 4 is 22.4 Å². The van der Waals surface area contributed by atoms with Crippen LogP contribution in [0.3, 0.4) is 0 Å². The zero-order valence-corrected chi connectivity index (χ0v) is 10.5. The summed E-state index contributed by atoms with van der Waals surface area (Å²) in [5.41, 5.74) is 8.79. The van der Waals surface area contributed by atoms with Crippen molar-refractivity contribution in [2.75, 3.05) is 0 Å². The SMILES string of the molecule is CC(N)c1csc(-c2ccc3[nH]c(=O)oc3c2)n1. The van der Waals surface area contributed by atoms with Crippen LogP contribution in [-0.2, 0) is 0 Å². The summed E-state index contributed by atoms with van der Waals surface area (Å²) in [6.07, 6.45) is 0. The van der Waals surface area contributed by atoms with Gasteiger partial charge in [-0.2, -0.15) is 0 Å². The molecule has 0 saturated heterocycles. The smallest absolute Gasteiger partial charge is 0.408 e. The van der Waals surface area contributed by atoms with Gasteiger partial charge in [-0.15, -0.1) is 11.3 Å². The van der Waals surface area contributed by atoms with E-state index >= 15 is 0 Å². The molecule has 2 aromatic heterocycles. The maximum atomic E-state index is 11.1. The van der Waals surface area contributed by atoms with E-state index in [-0.39, 0.29) is 6.04 Å². The third kappa shape index (κ3) is 1.85. The van der Waals surface area contributed by atoms with Crippen LogP contribution in [0, 0.1) is 0 Å². The fourth-order valence-electron chi connectivity index (χ4n) is 1.71. The van der Waals surface area contributed by atoms with Crippen LogP contribution >= 0.6 is 11.3 Å². The first-order chi connectivity index (χ1) is 8.63. The van der Waals surface area contributed by atoms with Gasteiger partial charge in [0, 0.05) is 17.0 Å². The van der Waals surface area contributed by atoms with Crippen molar-refractivity contribution in [3.63, 3.8) is 0 Å². The molecule has 6 heteroatoms. The Balaban J connectivity index is 2.09. The number of hydrogen-bond donors (Lipinski definition) is 2. The van der Waals surface area contributed by atoms with E-state index in [0.717, 1.165) is 16.3 Å². The summed E-state index contributed by atoms with van der Waals surface area (Å²) in [5, 5.41) is 2.81. The van der Waals surface area contributed by atoms with Crippen LogP contribution < -0.4 is 11.5 Å². The maximum Gasteiger partial charge on any atom is 0.417 e. The number of hydrogen-bond acceptors (Lipinski definition) is 5. The molecule has 0 fully saturated rings. The molecule has 2 heterocycles. The molecule has 3 N–H and O–H groups in total. The summed E-state index contributed by atoms with van der Waals surface area (Å²) >= 11 is 1.53. The lowest BCUT2D eigenvalue weighted by molar-refractivity contribution is 0.555. The minimum atomic E-state index is -0.447. The van der Waals surface area contributed by atoms with Gasteiger partial charge in [-0.3, -0.25) is 4.98 Å². The lowest BCUT2D eigenvalue weighted by Crippen LogP contribution is -2.04. The van der Waals surface area contributed by atoms with Crippen molar-refractivity contribution < 1.29 is 4.42 Å². The number of nitrogens with two attached hydrogens (primary N) is 1. The van der Waals surface area contributed by atoms with Crippen molar-refractivity contribution in [1.82, 2.24) is 9.97 Å². The molecule has 0 spiro atoms. The monoisotopic (exact) mass is 261 g/mol. The lowest BCUT2D eigenvalue weighted by atomic mass is 10.2. The number of fused-ring (bicyclic) bond motifs is 1. The molecule has 0 aliphatic rings. The van der Waals surface area contributed by atoms with E-state index in [0.29, 0.717) is 11.1 Å². The minimum Gasteiger partial charge on any atom is -0.408 e. The van der Waals surface area contributed by atoms with Gasteiger partial charge in [0.1, 0.15) is 5.01 Å². The first kappa shape index (κ1) is 11.2. The highest BCUT2D eigenvalue weighted by molar-refractivity contribution is 7.13. The molecule has 0 amide bonds. The molecule has 0 saturated carbocycles. The van der Waals surface area contributed by atoms with Crippen LogP contribution in [-0.4, -0.2) is 9.97 Å². The standard InChI is InChI=1S/C12H11N3O2S/c1-6(13)9-5-18-11(14-9)7-2-3-8-10(4-7)17-12(16)15-8/h2-6H,13H2,1H3,(H,15,16). The maximum absolute atomic E-state index is 11.1. The van der Waals surface area contributed by atoms with Crippen LogP contribution in [0.4, 0.5) is 0 Å². The van der Waals surface area contributed by atoms with Gasteiger partial charge in [0.05, 0.1) is 11.2 Å². The van der Waals surface area contributed by atoms with Crippen LogP contribution in [0.25, 0.3) is 21.7 Å². The Labute approximate surface area is 106 Å². The molecule has 92 valence electrons. The summed E-state index contributed by atoms with van der Waals surface area (Å²) in [6, 6.07) is 5.43. The second-order valence-corrected chi connectivity index (χ2v) is 4.95. The number of thiazole rings is 1. The number of benzene rings is 1. The van der Waals surface area contributed by atoms with Crippen LogP contribution in [0.1, 0.15) is 18.7 Å². The summed E-state index contributed by atoms with van der Waals surface area (Å²) in [4.78, 5) is 18.1. The highest BCUT2D eigenvalue weighted by atomic mass is 32.1. The molecule has 1 aromatic carbocycles. The van der Waals surface area contributed by atoms with E-state index in [4.69, 9.17) is 10.2 Å². The Morgan fingerprint density at radius 3 is 3.06 bits per heavy atom. The van der Waals surface area contributed by atoms with Gasteiger partial charge in [0.2, 0.25) is 0 Å². The van der Waals surface area contributed by atoms with Gasteiger partial charge in [-0.25, -0.2) is 9.78 Å². The Morgan fingerprint density at radius 1 is 1.50 bits per heavy atom. The normalized spacial score (nSPS) is 13.0. The van der Waals surface area contributed by atoms with E-state index in [9.17, 15) is 4.79 Å². The van der Waals surface area contributed by atoms with Gasteiger partial charge in [0.25, 0.3) is 0 Å². The zero-order chi connectivity index (χ0) is 12.7.